The fourth-order valence-electron chi connectivity index (χ4n) is 2.62. The van der Waals surface area contributed by atoms with E-state index in [0.29, 0.717) is 23.2 Å². The van der Waals surface area contributed by atoms with E-state index in [2.05, 4.69) is 16.5 Å². The molecule has 21 heavy (non-hydrogen) atoms. The monoisotopic (exact) mass is 331 g/mol. The highest BCUT2D eigenvalue weighted by Crippen LogP contribution is 2.25. The molecule has 1 fully saturated rings. The van der Waals surface area contributed by atoms with Crippen molar-refractivity contribution in [3.8, 4) is 0 Å². The van der Waals surface area contributed by atoms with Crippen molar-refractivity contribution in [3.63, 3.8) is 0 Å². The molecule has 3 N–H and O–H groups in total. The molecule has 1 aromatic rings. The SMILES string of the molecule is Cc1cc(S(=O)(=O)NCC(C)CN2CCCC2)sc1CN. The lowest BCUT2D eigenvalue weighted by Crippen LogP contribution is -2.34. The highest BCUT2D eigenvalue weighted by Gasteiger charge is 2.20. The number of rotatable bonds is 7. The van der Waals surface area contributed by atoms with Crippen molar-refractivity contribution in [3.05, 3.63) is 16.5 Å². The van der Waals surface area contributed by atoms with Gasteiger partial charge in [-0.3, -0.25) is 0 Å². The first-order valence-electron chi connectivity index (χ1n) is 7.44. The molecule has 120 valence electrons. The number of hydrogen-bond acceptors (Lipinski definition) is 5. The van der Waals surface area contributed by atoms with Crippen LogP contribution in [-0.4, -0.2) is 39.5 Å². The maximum Gasteiger partial charge on any atom is 0.250 e. The predicted octanol–water partition coefficient (Wildman–Crippen LogP) is 1.53. The van der Waals surface area contributed by atoms with Crippen molar-refractivity contribution >= 4 is 21.4 Å². The van der Waals surface area contributed by atoms with E-state index in [1.807, 2.05) is 6.92 Å². The number of sulfonamides is 1. The number of thiophene rings is 1. The van der Waals surface area contributed by atoms with Crippen molar-refractivity contribution in [1.29, 1.82) is 0 Å². The fourth-order valence-corrected chi connectivity index (χ4v) is 5.29. The Morgan fingerprint density at radius 3 is 2.67 bits per heavy atom. The molecule has 5 nitrogen and oxygen atoms in total. The molecule has 0 bridgehead atoms. The third kappa shape index (κ3) is 4.50. The summed E-state index contributed by atoms with van der Waals surface area (Å²) < 4.78 is 27.7. The van der Waals surface area contributed by atoms with Gasteiger partial charge in [-0.25, -0.2) is 13.1 Å². The zero-order valence-electron chi connectivity index (χ0n) is 12.8. The Labute approximate surface area is 131 Å². The van der Waals surface area contributed by atoms with Gasteiger partial charge in [-0.05, 0) is 50.4 Å². The minimum absolute atomic E-state index is 0.313. The average molecular weight is 332 g/mol. The first-order valence-corrected chi connectivity index (χ1v) is 9.73. The second-order valence-corrected chi connectivity index (χ2v) is 8.97. The topological polar surface area (TPSA) is 75.4 Å². The van der Waals surface area contributed by atoms with Gasteiger partial charge in [0.2, 0.25) is 10.0 Å². The number of nitrogens with two attached hydrogens (primary N) is 1. The number of nitrogens with zero attached hydrogens (tertiary/aromatic N) is 1. The molecule has 7 heteroatoms. The minimum atomic E-state index is -3.41. The lowest BCUT2D eigenvalue weighted by atomic mass is 10.2. The summed E-state index contributed by atoms with van der Waals surface area (Å²) in [5, 5.41) is 0. The van der Waals surface area contributed by atoms with Crippen LogP contribution in [0.15, 0.2) is 10.3 Å². The van der Waals surface area contributed by atoms with Gasteiger partial charge in [-0.15, -0.1) is 11.3 Å². The first kappa shape index (κ1) is 16.9. The van der Waals surface area contributed by atoms with Crippen LogP contribution in [0.2, 0.25) is 0 Å². The van der Waals surface area contributed by atoms with Crippen LogP contribution >= 0.6 is 11.3 Å². The fraction of sp³-hybridized carbons (Fsp3) is 0.714. The summed E-state index contributed by atoms with van der Waals surface area (Å²) in [7, 11) is -3.41. The normalized spacial score (nSPS) is 18.2. The summed E-state index contributed by atoms with van der Waals surface area (Å²) in [5.74, 6) is 0.313. The lowest BCUT2D eigenvalue weighted by molar-refractivity contribution is 0.288. The molecule has 0 radical (unpaired) electrons. The van der Waals surface area contributed by atoms with Gasteiger partial charge in [0.05, 0.1) is 0 Å². The minimum Gasteiger partial charge on any atom is -0.326 e. The predicted molar refractivity (Wildman–Crippen MR) is 87.0 cm³/mol. The Kier molecular flexibility index (Phi) is 5.79. The van der Waals surface area contributed by atoms with E-state index in [1.54, 1.807) is 6.07 Å². The second-order valence-electron chi connectivity index (χ2n) is 5.84. The number of hydrogen-bond donors (Lipinski definition) is 2. The Balaban J connectivity index is 1.90. The molecule has 1 aliphatic rings. The second kappa shape index (κ2) is 7.19. The van der Waals surface area contributed by atoms with Gasteiger partial charge in [0.1, 0.15) is 4.21 Å². The molecule has 0 spiro atoms. The smallest absolute Gasteiger partial charge is 0.250 e. The van der Waals surface area contributed by atoms with Gasteiger partial charge in [0.25, 0.3) is 0 Å². The average Bonchev–Trinajstić information content (AvgIpc) is 3.06. The Morgan fingerprint density at radius 2 is 2.10 bits per heavy atom. The molecule has 0 aliphatic carbocycles. The maximum atomic E-state index is 12.3. The van der Waals surface area contributed by atoms with E-state index in [0.717, 1.165) is 30.1 Å². The van der Waals surface area contributed by atoms with E-state index in [-0.39, 0.29) is 0 Å². The van der Waals surface area contributed by atoms with Crippen molar-refractivity contribution in [2.24, 2.45) is 11.7 Å². The molecule has 2 heterocycles. The number of nitrogens with one attached hydrogen (secondary N) is 1. The molecule has 1 aliphatic heterocycles. The van der Waals surface area contributed by atoms with E-state index < -0.39 is 10.0 Å². The Morgan fingerprint density at radius 1 is 1.43 bits per heavy atom. The standard InChI is InChI=1S/C14H25N3O2S2/c1-11(10-17-5-3-4-6-17)9-16-21(18,19)14-7-12(2)13(8-15)20-14/h7,11,16H,3-6,8-10,15H2,1-2H3. The van der Waals surface area contributed by atoms with Gasteiger partial charge in [-0.1, -0.05) is 6.92 Å². The van der Waals surface area contributed by atoms with E-state index in [1.165, 1.54) is 24.2 Å². The molecule has 1 unspecified atom stereocenters. The van der Waals surface area contributed by atoms with Crippen molar-refractivity contribution in [2.75, 3.05) is 26.2 Å². The maximum absolute atomic E-state index is 12.3. The van der Waals surface area contributed by atoms with Crippen LogP contribution in [0.1, 0.15) is 30.2 Å². The lowest BCUT2D eigenvalue weighted by Gasteiger charge is -2.20. The third-order valence-corrected chi connectivity index (χ3v) is 7.00. The molecule has 1 atom stereocenters. The zero-order chi connectivity index (χ0) is 15.5. The summed E-state index contributed by atoms with van der Waals surface area (Å²) in [6.07, 6.45) is 2.52. The molecule has 2 rings (SSSR count). The summed E-state index contributed by atoms with van der Waals surface area (Å²) in [6, 6.07) is 1.71. The molecular formula is C14H25N3O2S2. The highest BCUT2D eigenvalue weighted by atomic mass is 32.2. The summed E-state index contributed by atoms with van der Waals surface area (Å²) in [5.41, 5.74) is 6.56. The largest absolute Gasteiger partial charge is 0.326 e. The molecule has 1 aromatic heterocycles. The summed E-state index contributed by atoms with van der Waals surface area (Å²) in [6.45, 7) is 8.09. The summed E-state index contributed by atoms with van der Waals surface area (Å²) in [4.78, 5) is 3.33. The zero-order valence-corrected chi connectivity index (χ0v) is 14.4. The van der Waals surface area contributed by atoms with Gasteiger partial charge >= 0.3 is 0 Å². The Bertz CT molecular complexity index is 563. The quantitative estimate of drug-likeness (QED) is 0.794. The third-order valence-electron chi connectivity index (χ3n) is 3.84. The van der Waals surface area contributed by atoms with Gasteiger partial charge in [0.15, 0.2) is 0 Å². The molecule has 0 saturated carbocycles. The highest BCUT2D eigenvalue weighted by molar-refractivity contribution is 7.91. The first-order chi connectivity index (χ1) is 9.92. The molecule has 1 saturated heterocycles. The number of aryl methyl sites for hydroxylation is 1. The molecule has 0 amide bonds. The van der Waals surface area contributed by atoms with E-state index in [9.17, 15) is 8.42 Å². The van der Waals surface area contributed by atoms with E-state index in [4.69, 9.17) is 5.73 Å². The van der Waals surface area contributed by atoms with Crippen molar-refractivity contribution in [2.45, 2.75) is 37.4 Å². The van der Waals surface area contributed by atoms with E-state index >= 15 is 0 Å². The Hall–Kier alpha value is -0.470. The summed E-state index contributed by atoms with van der Waals surface area (Å²) >= 11 is 1.27. The van der Waals surface area contributed by atoms with Crippen LogP contribution < -0.4 is 10.5 Å². The van der Waals surface area contributed by atoms with Crippen LogP contribution in [0.25, 0.3) is 0 Å². The van der Waals surface area contributed by atoms with Crippen molar-refractivity contribution < 1.29 is 8.42 Å². The van der Waals surface area contributed by atoms with Crippen molar-refractivity contribution in [1.82, 2.24) is 9.62 Å². The molecule has 0 aromatic carbocycles. The molecular weight excluding hydrogens is 306 g/mol. The van der Waals surface area contributed by atoms with Gasteiger partial charge in [0, 0.05) is 24.5 Å². The number of likely N-dealkylation sites (tertiary alicyclic amines) is 1. The van der Waals surface area contributed by atoms with Crippen LogP contribution in [0, 0.1) is 12.8 Å². The van der Waals surface area contributed by atoms with Crippen LogP contribution in [-0.2, 0) is 16.6 Å². The van der Waals surface area contributed by atoms with Gasteiger partial charge < -0.3 is 10.6 Å². The van der Waals surface area contributed by atoms with Gasteiger partial charge in [-0.2, -0.15) is 0 Å². The van der Waals surface area contributed by atoms with Crippen LogP contribution in [0.4, 0.5) is 0 Å². The van der Waals surface area contributed by atoms with Crippen LogP contribution in [0.3, 0.4) is 0 Å². The van der Waals surface area contributed by atoms with Crippen LogP contribution in [0.5, 0.6) is 0 Å².